The lowest BCUT2D eigenvalue weighted by Gasteiger charge is -2.09. The van der Waals surface area contributed by atoms with E-state index in [0.717, 1.165) is 11.0 Å². The molecular formula is C11H10FIN2S. The molecule has 84 valence electrons. The van der Waals surface area contributed by atoms with Crippen molar-refractivity contribution in [2.45, 2.75) is 13.0 Å². The summed E-state index contributed by atoms with van der Waals surface area (Å²) in [5.41, 5.74) is 1.62. The Morgan fingerprint density at radius 2 is 2.31 bits per heavy atom. The lowest BCUT2D eigenvalue weighted by Crippen LogP contribution is -2.01. The minimum absolute atomic E-state index is 0.0423. The summed E-state index contributed by atoms with van der Waals surface area (Å²) >= 11 is 7.18. The number of imidazole rings is 1. The number of aromatic nitrogens is 2. The standard InChI is InChI=1S/C11H10FIN2S/c1-3-6(2)15-10-4-7(12)8(13)5-9(10)14-11(15)16/h3-6H,1H2,2H3,(H,14,16). The van der Waals surface area contributed by atoms with E-state index < -0.39 is 0 Å². The van der Waals surface area contributed by atoms with Gasteiger partial charge in [-0.25, -0.2) is 4.39 Å². The fourth-order valence-corrected chi connectivity index (χ4v) is 2.47. The number of nitrogens with one attached hydrogen (secondary N) is 1. The van der Waals surface area contributed by atoms with Crippen LogP contribution in [0.2, 0.25) is 0 Å². The van der Waals surface area contributed by atoms with Gasteiger partial charge in [0.25, 0.3) is 0 Å². The molecule has 5 heteroatoms. The van der Waals surface area contributed by atoms with Gasteiger partial charge >= 0.3 is 0 Å². The monoisotopic (exact) mass is 348 g/mol. The van der Waals surface area contributed by atoms with Crippen molar-refractivity contribution in [2.75, 3.05) is 0 Å². The van der Waals surface area contributed by atoms with E-state index in [9.17, 15) is 4.39 Å². The van der Waals surface area contributed by atoms with E-state index in [0.29, 0.717) is 8.34 Å². The maximum Gasteiger partial charge on any atom is 0.178 e. The smallest absolute Gasteiger partial charge is 0.178 e. The highest BCUT2D eigenvalue weighted by Crippen LogP contribution is 2.23. The molecule has 0 spiro atoms. The van der Waals surface area contributed by atoms with Gasteiger partial charge in [0.2, 0.25) is 0 Å². The number of fused-ring (bicyclic) bond motifs is 1. The fraction of sp³-hybridized carbons (Fsp3) is 0.182. The summed E-state index contributed by atoms with van der Waals surface area (Å²) in [5.74, 6) is -0.230. The molecule has 2 rings (SSSR count). The lowest BCUT2D eigenvalue weighted by atomic mass is 10.2. The first-order chi connectivity index (χ1) is 7.54. The summed E-state index contributed by atoms with van der Waals surface area (Å²) in [4.78, 5) is 3.07. The van der Waals surface area contributed by atoms with Crippen LogP contribution in [0.3, 0.4) is 0 Å². The summed E-state index contributed by atoms with van der Waals surface area (Å²) in [7, 11) is 0. The molecule has 0 amide bonds. The second kappa shape index (κ2) is 4.29. The van der Waals surface area contributed by atoms with Gasteiger partial charge in [0.1, 0.15) is 5.82 Å². The van der Waals surface area contributed by atoms with Crippen molar-refractivity contribution in [3.05, 3.63) is 38.9 Å². The van der Waals surface area contributed by atoms with Crippen LogP contribution < -0.4 is 0 Å². The zero-order valence-electron chi connectivity index (χ0n) is 8.63. The van der Waals surface area contributed by atoms with Crippen molar-refractivity contribution >= 4 is 45.8 Å². The Bertz CT molecular complexity index is 614. The third-order valence-corrected chi connectivity index (χ3v) is 3.63. The molecule has 1 aromatic carbocycles. The molecule has 0 aliphatic heterocycles. The van der Waals surface area contributed by atoms with E-state index in [1.54, 1.807) is 12.1 Å². The van der Waals surface area contributed by atoms with Crippen LogP contribution in [0.1, 0.15) is 13.0 Å². The average molecular weight is 348 g/mol. The van der Waals surface area contributed by atoms with Crippen LogP contribution in [0.5, 0.6) is 0 Å². The minimum Gasteiger partial charge on any atom is -0.331 e. The zero-order valence-corrected chi connectivity index (χ0v) is 11.6. The predicted octanol–water partition coefficient (Wildman–Crippen LogP) is 4.19. The molecule has 1 heterocycles. The number of allylic oxidation sites excluding steroid dienone is 1. The SMILES string of the molecule is C=CC(C)n1c(=S)[nH]c2cc(I)c(F)cc21. The Hall–Kier alpha value is -0.690. The number of hydrogen-bond acceptors (Lipinski definition) is 1. The summed E-state index contributed by atoms with van der Waals surface area (Å²) in [6, 6.07) is 3.30. The highest BCUT2D eigenvalue weighted by molar-refractivity contribution is 14.1. The molecule has 16 heavy (non-hydrogen) atoms. The van der Waals surface area contributed by atoms with Crippen LogP contribution in [0.25, 0.3) is 11.0 Å². The van der Waals surface area contributed by atoms with E-state index >= 15 is 0 Å². The lowest BCUT2D eigenvalue weighted by molar-refractivity contribution is 0.618. The molecule has 0 aliphatic carbocycles. The highest BCUT2D eigenvalue weighted by Gasteiger charge is 2.11. The number of benzene rings is 1. The van der Waals surface area contributed by atoms with E-state index in [4.69, 9.17) is 12.2 Å². The van der Waals surface area contributed by atoms with Gasteiger partial charge in [0, 0.05) is 6.07 Å². The second-order valence-electron chi connectivity index (χ2n) is 3.56. The van der Waals surface area contributed by atoms with Crippen molar-refractivity contribution < 1.29 is 4.39 Å². The second-order valence-corrected chi connectivity index (χ2v) is 5.11. The molecule has 0 fully saturated rings. The topological polar surface area (TPSA) is 20.7 Å². The van der Waals surface area contributed by atoms with Crippen LogP contribution in [0.4, 0.5) is 4.39 Å². The first kappa shape index (κ1) is 11.8. The number of H-pyrrole nitrogens is 1. The van der Waals surface area contributed by atoms with Crippen LogP contribution in [0.15, 0.2) is 24.8 Å². The largest absolute Gasteiger partial charge is 0.331 e. The number of hydrogen-bond donors (Lipinski definition) is 1. The molecule has 0 radical (unpaired) electrons. The maximum absolute atomic E-state index is 13.5. The normalized spacial score (nSPS) is 12.9. The van der Waals surface area contributed by atoms with Crippen molar-refractivity contribution in [2.24, 2.45) is 0 Å². The van der Waals surface area contributed by atoms with Crippen molar-refractivity contribution in [3.8, 4) is 0 Å². The van der Waals surface area contributed by atoms with E-state index in [-0.39, 0.29) is 11.9 Å². The average Bonchev–Trinajstić information content (AvgIpc) is 2.54. The maximum atomic E-state index is 13.5. The number of aromatic amines is 1. The summed E-state index contributed by atoms with van der Waals surface area (Å²) in [5, 5.41) is 0. The Balaban J connectivity index is 2.84. The molecule has 1 atom stereocenters. The van der Waals surface area contributed by atoms with Crippen molar-refractivity contribution in [3.63, 3.8) is 0 Å². The molecule has 0 saturated heterocycles. The van der Waals surface area contributed by atoms with Crippen LogP contribution >= 0.6 is 34.8 Å². The molecule has 2 aromatic rings. The zero-order chi connectivity index (χ0) is 11.9. The first-order valence-electron chi connectivity index (χ1n) is 4.76. The molecule has 0 aliphatic rings. The Labute approximate surface area is 111 Å². The van der Waals surface area contributed by atoms with Gasteiger partial charge in [-0.15, -0.1) is 6.58 Å². The first-order valence-corrected chi connectivity index (χ1v) is 6.25. The number of halogens is 2. The van der Waals surface area contributed by atoms with Gasteiger partial charge in [-0.1, -0.05) is 6.08 Å². The van der Waals surface area contributed by atoms with Crippen LogP contribution in [0, 0.1) is 14.2 Å². The molecule has 0 bridgehead atoms. The molecule has 2 nitrogen and oxygen atoms in total. The Morgan fingerprint density at radius 3 is 2.94 bits per heavy atom. The number of nitrogens with zero attached hydrogens (tertiary/aromatic N) is 1. The number of rotatable bonds is 2. The molecule has 1 N–H and O–H groups in total. The molecule has 1 unspecified atom stereocenters. The summed E-state index contributed by atoms with van der Waals surface area (Å²) in [6.45, 7) is 5.69. The fourth-order valence-electron chi connectivity index (χ4n) is 1.63. The molecule has 1 aromatic heterocycles. The third-order valence-electron chi connectivity index (χ3n) is 2.51. The minimum atomic E-state index is -0.230. The van der Waals surface area contributed by atoms with Gasteiger partial charge in [-0.05, 0) is 47.8 Å². The van der Waals surface area contributed by atoms with Gasteiger partial charge in [-0.2, -0.15) is 0 Å². The van der Waals surface area contributed by atoms with Gasteiger partial charge in [0.05, 0.1) is 20.6 Å². The Kier molecular flexibility index (Phi) is 3.16. The summed E-state index contributed by atoms with van der Waals surface area (Å²) in [6.07, 6.45) is 1.78. The van der Waals surface area contributed by atoms with Gasteiger partial charge in [-0.3, -0.25) is 0 Å². The van der Waals surface area contributed by atoms with Crippen LogP contribution in [-0.4, -0.2) is 9.55 Å². The van der Waals surface area contributed by atoms with Gasteiger partial charge < -0.3 is 9.55 Å². The Morgan fingerprint density at radius 1 is 1.62 bits per heavy atom. The van der Waals surface area contributed by atoms with Crippen molar-refractivity contribution in [1.82, 2.24) is 9.55 Å². The predicted molar refractivity (Wildman–Crippen MR) is 74.7 cm³/mol. The van der Waals surface area contributed by atoms with E-state index in [1.165, 1.54) is 6.07 Å². The van der Waals surface area contributed by atoms with Crippen LogP contribution in [-0.2, 0) is 0 Å². The van der Waals surface area contributed by atoms with Crippen molar-refractivity contribution in [1.29, 1.82) is 0 Å². The van der Waals surface area contributed by atoms with E-state index in [1.807, 2.05) is 34.1 Å². The quantitative estimate of drug-likeness (QED) is 0.490. The third kappa shape index (κ3) is 1.82. The molecular weight excluding hydrogens is 338 g/mol. The summed E-state index contributed by atoms with van der Waals surface area (Å²) < 4.78 is 16.5. The van der Waals surface area contributed by atoms with Gasteiger partial charge in [0.15, 0.2) is 4.77 Å². The van der Waals surface area contributed by atoms with E-state index in [2.05, 4.69) is 11.6 Å². The highest BCUT2D eigenvalue weighted by atomic mass is 127. The molecule has 0 saturated carbocycles.